The fourth-order valence-corrected chi connectivity index (χ4v) is 1.56. The van der Waals surface area contributed by atoms with Gasteiger partial charge in [0.2, 0.25) is 5.82 Å². The summed E-state index contributed by atoms with van der Waals surface area (Å²) in [6.45, 7) is 4.08. The third-order valence-electron chi connectivity index (χ3n) is 2.81. The Kier molecular flexibility index (Phi) is 4.98. The maximum absolute atomic E-state index is 10.9. The second kappa shape index (κ2) is 6.29. The van der Waals surface area contributed by atoms with Gasteiger partial charge in [0.1, 0.15) is 0 Å². The second-order valence-electron chi connectivity index (χ2n) is 5.12. The molecule has 0 radical (unpaired) electrons. The molecule has 0 atom stereocenters. The zero-order valence-corrected chi connectivity index (χ0v) is 11.3. The molecule has 20 heavy (non-hydrogen) atoms. The summed E-state index contributed by atoms with van der Waals surface area (Å²) in [5.41, 5.74) is -0.850. The largest absolute Gasteiger partial charge is 0.477 e. The Morgan fingerprint density at radius 1 is 1.50 bits per heavy atom. The van der Waals surface area contributed by atoms with Gasteiger partial charge in [0.15, 0.2) is 5.69 Å². The van der Waals surface area contributed by atoms with E-state index in [1.807, 2.05) is 13.8 Å². The van der Waals surface area contributed by atoms with E-state index in [4.69, 9.17) is 10.2 Å². The lowest BCUT2D eigenvalue weighted by Crippen LogP contribution is -2.25. The van der Waals surface area contributed by atoms with Crippen LogP contribution >= 0.6 is 0 Å². The van der Waals surface area contributed by atoms with Crippen molar-refractivity contribution in [1.82, 2.24) is 4.98 Å². The molecule has 0 aliphatic rings. The molecule has 1 rings (SSSR count). The standard InChI is InChI=1S/C12H17N3O5/c1-12(2,5-6-16)7-13-10-9(15(19)20)4-3-8(14-10)11(17)18/h3-4,16H,5-7H2,1-2H3,(H,13,14)(H,17,18). The molecular weight excluding hydrogens is 266 g/mol. The van der Waals surface area contributed by atoms with Crippen LogP contribution in [0.15, 0.2) is 12.1 Å². The van der Waals surface area contributed by atoms with Gasteiger partial charge in [0, 0.05) is 19.2 Å². The van der Waals surface area contributed by atoms with E-state index in [9.17, 15) is 14.9 Å². The van der Waals surface area contributed by atoms with Crippen LogP contribution in [0.4, 0.5) is 11.5 Å². The Hall–Kier alpha value is -2.22. The lowest BCUT2D eigenvalue weighted by atomic mass is 9.90. The minimum Gasteiger partial charge on any atom is -0.477 e. The number of aliphatic hydroxyl groups is 1. The maximum Gasteiger partial charge on any atom is 0.354 e. The quantitative estimate of drug-likeness (QED) is 0.511. The van der Waals surface area contributed by atoms with Crippen molar-refractivity contribution in [3.05, 3.63) is 27.9 Å². The zero-order valence-electron chi connectivity index (χ0n) is 11.3. The van der Waals surface area contributed by atoms with Crippen LogP contribution in [0.25, 0.3) is 0 Å². The molecule has 0 aliphatic heterocycles. The molecule has 1 heterocycles. The number of aromatic carboxylic acids is 1. The van der Waals surface area contributed by atoms with Crippen LogP contribution in [-0.2, 0) is 0 Å². The molecule has 0 amide bonds. The Bertz CT molecular complexity index is 516. The molecule has 8 heteroatoms. The number of rotatable bonds is 7. The number of nitro groups is 1. The third kappa shape index (κ3) is 4.16. The Morgan fingerprint density at radius 3 is 2.65 bits per heavy atom. The minimum atomic E-state index is -1.25. The van der Waals surface area contributed by atoms with Gasteiger partial charge in [-0.15, -0.1) is 0 Å². The molecule has 110 valence electrons. The summed E-state index contributed by atoms with van der Waals surface area (Å²) in [6, 6.07) is 2.20. The molecule has 3 N–H and O–H groups in total. The molecule has 8 nitrogen and oxygen atoms in total. The van der Waals surface area contributed by atoms with Crippen molar-refractivity contribution in [1.29, 1.82) is 0 Å². The topological polar surface area (TPSA) is 126 Å². The molecular formula is C12H17N3O5. The van der Waals surface area contributed by atoms with Gasteiger partial charge in [-0.25, -0.2) is 9.78 Å². The summed E-state index contributed by atoms with van der Waals surface area (Å²) in [4.78, 5) is 24.9. The first-order valence-electron chi connectivity index (χ1n) is 6.00. The molecule has 0 unspecified atom stereocenters. The number of carboxylic acids is 1. The predicted octanol–water partition coefficient (Wildman–Crippen LogP) is 1.51. The minimum absolute atomic E-state index is 0.000628. The summed E-state index contributed by atoms with van der Waals surface area (Å²) in [5, 5.41) is 31.5. The van der Waals surface area contributed by atoms with Crippen LogP contribution in [0, 0.1) is 15.5 Å². The van der Waals surface area contributed by atoms with E-state index in [0.29, 0.717) is 13.0 Å². The molecule has 0 fully saturated rings. The average Bonchev–Trinajstić information content (AvgIpc) is 2.35. The fourth-order valence-electron chi connectivity index (χ4n) is 1.56. The van der Waals surface area contributed by atoms with Gasteiger partial charge in [-0.1, -0.05) is 13.8 Å². The summed E-state index contributed by atoms with van der Waals surface area (Å²) < 4.78 is 0. The first-order valence-corrected chi connectivity index (χ1v) is 6.00. The van der Waals surface area contributed by atoms with Crippen molar-refractivity contribution >= 4 is 17.5 Å². The monoisotopic (exact) mass is 283 g/mol. The lowest BCUT2D eigenvalue weighted by Gasteiger charge is -2.24. The molecule has 0 saturated heterocycles. The van der Waals surface area contributed by atoms with Crippen molar-refractivity contribution in [2.45, 2.75) is 20.3 Å². The van der Waals surface area contributed by atoms with E-state index in [-0.39, 0.29) is 29.2 Å². The number of nitrogens with one attached hydrogen (secondary N) is 1. The summed E-state index contributed by atoms with van der Waals surface area (Å²) >= 11 is 0. The molecule has 0 aromatic carbocycles. The number of hydrogen-bond donors (Lipinski definition) is 3. The highest BCUT2D eigenvalue weighted by molar-refractivity contribution is 5.86. The molecule has 0 aliphatic carbocycles. The van der Waals surface area contributed by atoms with Crippen molar-refractivity contribution in [2.75, 3.05) is 18.5 Å². The lowest BCUT2D eigenvalue weighted by molar-refractivity contribution is -0.384. The van der Waals surface area contributed by atoms with Crippen molar-refractivity contribution in [2.24, 2.45) is 5.41 Å². The van der Waals surface area contributed by atoms with Crippen LogP contribution < -0.4 is 5.32 Å². The number of hydrogen-bond acceptors (Lipinski definition) is 6. The van der Waals surface area contributed by atoms with Crippen LogP contribution in [-0.4, -0.2) is 39.2 Å². The van der Waals surface area contributed by atoms with Gasteiger partial charge in [-0.3, -0.25) is 10.1 Å². The SMILES string of the molecule is CC(C)(CCO)CNc1nc(C(=O)O)ccc1[N+](=O)[O-]. The predicted molar refractivity (Wildman–Crippen MR) is 71.8 cm³/mol. The van der Waals surface area contributed by atoms with E-state index in [1.165, 1.54) is 0 Å². The summed E-state index contributed by atoms with van der Waals surface area (Å²) in [7, 11) is 0. The summed E-state index contributed by atoms with van der Waals surface area (Å²) in [6.07, 6.45) is 0.506. The molecule has 1 aromatic rings. The second-order valence-corrected chi connectivity index (χ2v) is 5.12. The third-order valence-corrected chi connectivity index (χ3v) is 2.81. The number of carboxylic acid groups (broad SMARTS) is 1. The van der Waals surface area contributed by atoms with E-state index in [2.05, 4.69) is 10.3 Å². The van der Waals surface area contributed by atoms with Gasteiger partial charge < -0.3 is 15.5 Å². The molecule has 0 spiro atoms. The Labute approximate surface area is 115 Å². The smallest absolute Gasteiger partial charge is 0.354 e. The van der Waals surface area contributed by atoms with Gasteiger partial charge in [-0.2, -0.15) is 0 Å². The van der Waals surface area contributed by atoms with Crippen LogP contribution in [0.1, 0.15) is 30.8 Å². The van der Waals surface area contributed by atoms with E-state index in [1.54, 1.807) is 0 Å². The highest BCUT2D eigenvalue weighted by Gasteiger charge is 2.22. The Morgan fingerprint density at radius 2 is 2.15 bits per heavy atom. The van der Waals surface area contributed by atoms with E-state index >= 15 is 0 Å². The van der Waals surface area contributed by atoms with Gasteiger partial charge >= 0.3 is 11.7 Å². The average molecular weight is 283 g/mol. The van der Waals surface area contributed by atoms with Crippen LogP contribution in [0.2, 0.25) is 0 Å². The van der Waals surface area contributed by atoms with Gasteiger partial charge in [0.05, 0.1) is 4.92 Å². The van der Waals surface area contributed by atoms with Gasteiger partial charge in [0.25, 0.3) is 0 Å². The molecule has 0 saturated carbocycles. The van der Waals surface area contributed by atoms with E-state index in [0.717, 1.165) is 12.1 Å². The first kappa shape index (κ1) is 15.8. The van der Waals surface area contributed by atoms with Crippen molar-refractivity contribution < 1.29 is 19.9 Å². The van der Waals surface area contributed by atoms with Crippen LogP contribution in [0.3, 0.4) is 0 Å². The number of aromatic nitrogens is 1. The maximum atomic E-state index is 10.9. The normalized spacial score (nSPS) is 11.2. The number of aliphatic hydroxyl groups excluding tert-OH is 1. The van der Waals surface area contributed by atoms with E-state index < -0.39 is 10.9 Å². The molecule has 0 bridgehead atoms. The molecule has 1 aromatic heterocycles. The number of nitrogens with zero attached hydrogens (tertiary/aromatic N) is 2. The number of carbonyl (C=O) groups is 1. The van der Waals surface area contributed by atoms with Crippen molar-refractivity contribution in [3.63, 3.8) is 0 Å². The van der Waals surface area contributed by atoms with Gasteiger partial charge in [-0.05, 0) is 17.9 Å². The van der Waals surface area contributed by atoms with Crippen molar-refractivity contribution in [3.8, 4) is 0 Å². The zero-order chi connectivity index (χ0) is 15.3. The first-order chi connectivity index (χ1) is 9.26. The number of pyridine rings is 1. The highest BCUT2D eigenvalue weighted by Crippen LogP contribution is 2.25. The Balaban J connectivity index is 2.99. The highest BCUT2D eigenvalue weighted by atomic mass is 16.6. The fraction of sp³-hybridized carbons (Fsp3) is 0.500. The summed E-state index contributed by atoms with van der Waals surface area (Å²) in [5.74, 6) is -1.33. The van der Waals surface area contributed by atoms with Crippen LogP contribution in [0.5, 0.6) is 0 Å². The number of anilines is 1.